The molecule has 6 N–H and O–H groups in total. The van der Waals surface area contributed by atoms with Gasteiger partial charge >= 0.3 is 5.97 Å². The molecule has 1 aromatic carbocycles. The predicted molar refractivity (Wildman–Crippen MR) is 87.0 cm³/mol. The second kappa shape index (κ2) is 12.3. The third kappa shape index (κ3) is 8.45. The zero-order valence-electron chi connectivity index (χ0n) is 13.2. The van der Waals surface area contributed by atoms with Gasteiger partial charge in [0, 0.05) is 6.92 Å². The van der Waals surface area contributed by atoms with Crippen molar-refractivity contribution in [2.45, 2.75) is 33.1 Å². The molecule has 120 valence electrons. The molecule has 0 amide bonds. The van der Waals surface area contributed by atoms with Gasteiger partial charge in [-0.2, -0.15) is 0 Å². The van der Waals surface area contributed by atoms with Gasteiger partial charge in [0.25, 0.3) is 0 Å². The van der Waals surface area contributed by atoms with Crippen LogP contribution in [0.4, 0.5) is 0 Å². The van der Waals surface area contributed by atoms with Crippen molar-refractivity contribution in [2.75, 3.05) is 26.2 Å². The Hall–Kier alpha value is -1.43. The van der Waals surface area contributed by atoms with Crippen LogP contribution in [0.5, 0.6) is 0 Å². The Kier molecular flexibility index (Phi) is 11.5. The standard InChI is InChI=1S/C12H21N3.C4H8O2/c13-7-4-10-2-1-3-11(5-8-14)12(10)6-9-15;1-3-6-4(2)5/h1-3H,4-9,13-15H2;3H2,1-2H3. The van der Waals surface area contributed by atoms with Gasteiger partial charge in [0.1, 0.15) is 0 Å². The van der Waals surface area contributed by atoms with Crippen LogP contribution in [0.25, 0.3) is 0 Å². The monoisotopic (exact) mass is 295 g/mol. The van der Waals surface area contributed by atoms with Gasteiger partial charge in [0.05, 0.1) is 6.61 Å². The van der Waals surface area contributed by atoms with Gasteiger partial charge in [0.2, 0.25) is 0 Å². The van der Waals surface area contributed by atoms with Crippen LogP contribution < -0.4 is 17.2 Å². The van der Waals surface area contributed by atoms with Crippen molar-refractivity contribution in [1.29, 1.82) is 0 Å². The van der Waals surface area contributed by atoms with Crippen molar-refractivity contribution < 1.29 is 9.53 Å². The van der Waals surface area contributed by atoms with Gasteiger partial charge in [-0.3, -0.25) is 4.79 Å². The Morgan fingerprint density at radius 3 is 1.76 bits per heavy atom. The molecular formula is C16H29N3O2. The minimum Gasteiger partial charge on any atom is -0.466 e. The normalized spacial score (nSPS) is 9.76. The van der Waals surface area contributed by atoms with Crippen molar-refractivity contribution in [3.63, 3.8) is 0 Å². The van der Waals surface area contributed by atoms with Crippen LogP contribution in [0.1, 0.15) is 30.5 Å². The molecule has 0 heterocycles. The predicted octanol–water partition coefficient (Wildman–Crippen LogP) is 0.760. The van der Waals surface area contributed by atoms with Crippen LogP contribution in [-0.2, 0) is 28.8 Å². The minimum absolute atomic E-state index is 0.211. The molecule has 0 saturated carbocycles. The zero-order chi connectivity index (χ0) is 16.1. The van der Waals surface area contributed by atoms with E-state index in [0.29, 0.717) is 26.2 Å². The van der Waals surface area contributed by atoms with E-state index in [1.807, 2.05) is 0 Å². The molecule has 0 atom stereocenters. The lowest BCUT2D eigenvalue weighted by atomic mass is 9.94. The lowest BCUT2D eigenvalue weighted by Gasteiger charge is -2.13. The summed E-state index contributed by atoms with van der Waals surface area (Å²) in [5.41, 5.74) is 20.8. The van der Waals surface area contributed by atoms with E-state index in [9.17, 15) is 4.79 Å². The summed E-state index contributed by atoms with van der Waals surface area (Å²) in [4.78, 5) is 9.82. The molecule has 0 spiro atoms. The molecule has 5 nitrogen and oxygen atoms in total. The summed E-state index contributed by atoms with van der Waals surface area (Å²) in [6, 6.07) is 6.35. The van der Waals surface area contributed by atoms with E-state index in [2.05, 4.69) is 22.9 Å². The summed E-state index contributed by atoms with van der Waals surface area (Å²) in [6.07, 6.45) is 2.77. The average Bonchev–Trinajstić information content (AvgIpc) is 2.43. The molecule has 0 aliphatic heterocycles. The lowest BCUT2D eigenvalue weighted by Crippen LogP contribution is -2.13. The maximum absolute atomic E-state index is 9.82. The van der Waals surface area contributed by atoms with Crippen molar-refractivity contribution in [3.8, 4) is 0 Å². The molecule has 0 unspecified atom stereocenters. The summed E-state index contributed by atoms with van der Waals surface area (Å²) in [5, 5.41) is 0. The number of nitrogens with two attached hydrogens (primary N) is 3. The zero-order valence-corrected chi connectivity index (χ0v) is 13.2. The molecule has 0 aromatic heterocycles. The molecular weight excluding hydrogens is 266 g/mol. The molecule has 21 heavy (non-hydrogen) atoms. The molecule has 0 radical (unpaired) electrons. The molecule has 1 rings (SSSR count). The van der Waals surface area contributed by atoms with Crippen LogP contribution in [0.2, 0.25) is 0 Å². The van der Waals surface area contributed by atoms with E-state index >= 15 is 0 Å². The maximum atomic E-state index is 9.82. The van der Waals surface area contributed by atoms with Crippen LogP contribution in [-0.4, -0.2) is 32.2 Å². The first kappa shape index (κ1) is 19.6. The van der Waals surface area contributed by atoms with Crippen molar-refractivity contribution in [2.24, 2.45) is 17.2 Å². The molecule has 0 aliphatic rings. The van der Waals surface area contributed by atoms with E-state index in [1.54, 1.807) is 6.92 Å². The van der Waals surface area contributed by atoms with Gasteiger partial charge < -0.3 is 21.9 Å². The molecule has 0 saturated heterocycles. The van der Waals surface area contributed by atoms with Gasteiger partial charge in [0.15, 0.2) is 0 Å². The third-order valence-corrected chi connectivity index (χ3v) is 2.94. The maximum Gasteiger partial charge on any atom is 0.302 e. The second-order valence-corrected chi connectivity index (χ2v) is 4.60. The number of rotatable bonds is 7. The van der Waals surface area contributed by atoms with E-state index < -0.39 is 0 Å². The highest BCUT2D eigenvalue weighted by atomic mass is 16.5. The van der Waals surface area contributed by atoms with E-state index in [1.165, 1.54) is 23.6 Å². The van der Waals surface area contributed by atoms with Crippen molar-refractivity contribution in [3.05, 3.63) is 34.9 Å². The Morgan fingerprint density at radius 2 is 1.48 bits per heavy atom. The number of carbonyl (C=O) groups excluding carboxylic acids is 1. The number of carbonyl (C=O) groups is 1. The SMILES string of the molecule is CCOC(C)=O.NCCc1cccc(CCN)c1CCN. The lowest BCUT2D eigenvalue weighted by molar-refractivity contribution is -0.140. The molecule has 0 aliphatic carbocycles. The Balaban J connectivity index is 0.000000567. The number of hydrogen-bond donors (Lipinski definition) is 3. The quantitative estimate of drug-likeness (QED) is 0.644. The topological polar surface area (TPSA) is 104 Å². The van der Waals surface area contributed by atoms with Crippen LogP contribution in [0.3, 0.4) is 0 Å². The average molecular weight is 295 g/mol. The van der Waals surface area contributed by atoms with Crippen LogP contribution in [0, 0.1) is 0 Å². The largest absolute Gasteiger partial charge is 0.466 e. The summed E-state index contributed by atoms with van der Waals surface area (Å²) < 4.78 is 4.40. The van der Waals surface area contributed by atoms with E-state index in [0.717, 1.165) is 19.3 Å². The van der Waals surface area contributed by atoms with Crippen LogP contribution in [0.15, 0.2) is 18.2 Å². The third-order valence-electron chi connectivity index (χ3n) is 2.94. The Labute approximate surface area is 127 Å². The first-order valence-electron chi connectivity index (χ1n) is 7.43. The Bertz CT molecular complexity index is 384. The minimum atomic E-state index is -0.211. The highest BCUT2D eigenvalue weighted by Crippen LogP contribution is 2.16. The smallest absolute Gasteiger partial charge is 0.302 e. The Morgan fingerprint density at radius 1 is 1.00 bits per heavy atom. The van der Waals surface area contributed by atoms with Gasteiger partial charge in [-0.15, -0.1) is 0 Å². The fourth-order valence-corrected chi connectivity index (χ4v) is 2.14. The summed E-state index contributed by atoms with van der Waals surface area (Å²) in [7, 11) is 0. The van der Waals surface area contributed by atoms with Gasteiger partial charge in [-0.25, -0.2) is 0 Å². The molecule has 0 fully saturated rings. The highest BCUT2D eigenvalue weighted by molar-refractivity contribution is 5.65. The summed E-state index contributed by atoms with van der Waals surface area (Å²) >= 11 is 0. The highest BCUT2D eigenvalue weighted by Gasteiger charge is 2.06. The number of esters is 1. The first-order valence-corrected chi connectivity index (χ1v) is 7.43. The molecule has 5 heteroatoms. The fourth-order valence-electron chi connectivity index (χ4n) is 2.14. The molecule has 0 bridgehead atoms. The van der Waals surface area contributed by atoms with Gasteiger partial charge in [-0.05, 0) is 62.5 Å². The fraction of sp³-hybridized carbons (Fsp3) is 0.562. The number of ether oxygens (including phenoxy) is 1. The van der Waals surface area contributed by atoms with E-state index in [-0.39, 0.29) is 5.97 Å². The number of hydrogen-bond acceptors (Lipinski definition) is 5. The second-order valence-electron chi connectivity index (χ2n) is 4.60. The number of benzene rings is 1. The van der Waals surface area contributed by atoms with Crippen LogP contribution >= 0.6 is 0 Å². The van der Waals surface area contributed by atoms with Crippen molar-refractivity contribution in [1.82, 2.24) is 0 Å². The van der Waals surface area contributed by atoms with Crippen molar-refractivity contribution >= 4 is 5.97 Å². The summed E-state index contributed by atoms with van der Waals surface area (Å²) in [5.74, 6) is -0.211. The van der Waals surface area contributed by atoms with E-state index in [4.69, 9.17) is 17.2 Å². The molecule has 1 aromatic rings. The first-order chi connectivity index (χ1) is 10.1. The summed E-state index contributed by atoms with van der Waals surface area (Å²) in [6.45, 7) is 5.70. The van der Waals surface area contributed by atoms with Gasteiger partial charge in [-0.1, -0.05) is 18.2 Å².